The van der Waals surface area contributed by atoms with Gasteiger partial charge in [-0.2, -0.15) is 5.10 Å². The largest absolute Gasteiger partial charge is 0.493 e. The molecule has 0 spiro atoms. The molecule has 248 valence electrons. The fourth-order valence-corrected chi connectivity index (χ4v) is 7.15. The lowest BCUT2D eigenvalue weighted by atomic mass is 9.98. The van der Waals surface area contributed by atoms with Crippen molar-refractivity contribution in [1.29, 1.82) is 0 Å². The van der Waals surface area contributed by atoms with E-state index in [0.717, 1.165) is 17.8 Å². The van der Waals surface area contributed by atoms with Crippen LogP contribution in [0.5, 0.6) is 11.6 Å². The van der Waals surface area contributed by atoms with Crippen LogP contribution in [0.2, 0.25) is 18.1 Å². The average Bonchev–Trinajstić information content (AvgIpc) is 3.59. The molecule has 9 nitrogen and oxygen atoms in total. The number of halogens is 2. The molecule has 1 aliphatic heterocycles. The highest BCUT2D eigenvalue weighted by atomic mass is 32.1. The third-order valence-corrected chi connectivity index (χ3v) is 14.1. The van der Waals surface area contributed by atoms with Crippen LogP contribution in [0.3, 0.4) is 0 Å². The van der Waals surface area contributed by atoms with Gasteiger partial charge in [-0.25, -0.2) is 18.6 Å². The third-order valence-electron chi connectivity index (χ3n) is 8.60. The summed E-state index contributed by atoms with van der Waals surface area (Å²) in [5.41, 5.74) is 0.986. The number of fused-ring (bicyclic) bond motifs is 2. The van der Waals surface area contributed by atoms with Gasteiger partial charge in [0.05, 0.1) is 35.8 Å². The summed E-state index contributed by atoms with van der Waals surface area (Å²) >= 11 is 1.29. The van der Waals surface area contributed by atoms with Crippen molar-refractivity contribution in [3.05, 3.63) is 47.0 Å². The minimum absolute atomic E-state index is 0.00628. The van der Waals surface area contributed by atoms with E-state index < -0.39 is 31.6 Å². The average molecular weight is 673 g/mol. The summed E-state index contributed by atoms with van der Waals surface area (Å²) < 4.78 is 50.8. The topological polar surface area (TPSA) is 98.9 Å². The maximum atomic E-state index is 15.9. The summed E-state index contributed by atoms with van der Waals surface area (Å²) in [6.45, 7) is 19.1. The van der Waals surface area contributed by atoms with Crippen LogP contribution in [0, 0.1) is 11.6 Å². The highest BCUT2D eigenvalue weighted by molar-refractivity contribution is 7.17. The molecule has 4 heterocycles. The lowest BCUT2D eigenvalue weighted by Gasteiger charge is -2.36. The predicted molar refractivity (Wildman–Crippen MR) is 178 cm³/mol. The zero-order valence-electron chi connectivity index (χ0n) is 27.8. The van der Waals surface area contributed by atoms with E-state index in [4.69, 9.17) is 19.0 Å². The van der Waals surface area contributed by atoms with Crippen molar-refractivity contribution >= 4 is 35.8 Å². The Morgan fingerprint density at radius 2 is 1.80 bits per heavy atom. The molecular formula is C33H42F2N4O5SSi. The van der Waals surface area contributed by atoms with Crippen LogP contribution in [-0.2, 0) is 15.7 Å². The summed E-state index contributed by atoms with van der Waals surface area (Å²) in [5, 5.41) is 17.9. The second kappa shape index (κ2) is 12.2. The number of aromatic hydroxyl groups is 1. The molecule has 1 aliphatic rings. The second-order valence-corrected chi connectivity index (χ2v) is 19.8. The van der Waals surface area contributed by atoms with Gasteiger partial charge in [-0.3, -0.25) is 9.58 Å². The molecule has 4 aromatic rings. The Labute approximate surface area is 273 Å². The Kier molecular flexibility index (Phi) is 8.99. The number of carbonyl (C=O) groups is 1. The van der Waals surface area contributed by atoms with Crippen LogP contribution in [0.1, 0.15) is 60.2 Å². The van der Waals surface area contributed by atoms with Crippen LogP contribution >= 0.6 is 11.3 Å². The smallest absolute Gasteiger partial charge is 0.410 e. The van der Waals surface area contributed by atoms with Crippen molar-refractivity contribution in [2.45, 2.75) is 84.8 Å². The van der Waals surface area contributed by atoms with E-state index >= 15 is 4.39 Å². The molecule has 1 aromatic carbocycles. The lowest BCUT2D eigenvalue weighted by molar-refractivity contribution is 0.0120. The number of hydrogen-bond acceptors (Lipinski definition) is 8. The molecule has 3 aromatic heterocycles. The number of ether oxygens (including phenoxy) is 2. The van der Waals surface area contributed by atoms with Crippen LogP contribution in [0.15, 0.2) is 29.6 Å². The molecule has 0 fully saturated rings. The number of nitrogens with zero attached hydrogens (tertiary/aromatic N) is 4. The van der Waals surface area contributed by atoms with Crippen molar-refractivity contribution in [3.63, 3.8) is 0 Å². The van der Waals surface area contributed by atoms with E-state index in [1.807, 2.05) is 27.7 Å². The minimum atomic E-state index is -2.07. The third kappa shape index (κ3) is 6.63. The lowest BCUT2D eigenvalue weighted by Crippen LogP contribution is -2.43. The Morgan fingerprint density at radius 1 is 1.09 bits per heavy atom. The van der Waals surface area contributed by atoms with Gasteiger partial charge >= 0.3 is 6.09 Å². The Hall–Kier alpha value is -3.55. The molecule has 1 atom stereocenters. The number of pyridine rings is 1. The standard InChI is InChI=1S/C33H42F2N4O5SSi/c1-19-24-18-23(37-39(24)12-11-38(19)31(41)44-32(2,3)4)28-27(29-21(10-15-45-29)30(40)36-28)26-22(35)16-20(34)17-25(26)42-13-14-43-46(8,9)33(5,6)7/h10,15-19H,11-14H2,1-9H3,(H,36,40)/t19-/m1/s1. The van der Waals surface area contributed by atoms with Crippen molar-refractivity contribution in [3.8, 4) is 34.1 Å². The molecule has 0 saturated carbocycles. The van der Waals surface area contributed by atoms with Gasteiger partial charge in [0.15, 0.2) is 8.32 Å². The van der Waals surface area contributed by atoms with Crippen molar-refractivity contribution < 1.29 is 32.6 Å². The van der Waals surface area contributed by atoms with E-state index in [1.165, 1.54) is 11.3 Å². The fourth-order valence-electron chi connectivity index (χ4n) is 5.19. The van der Waals surface area contributed by atoms with Crippen LogP contribution in [0.25, 0.3) is 32.6 Å². The minimum Gasteiger partial charge on any atom is -0.493 e. The van der Waals surface area contributed by atoms with E-state index in [2.05, 4.69) is 38.8 Å². The van der Waals surface area contributed by atoms with Crippen LogP contribution in [0.4, 0.5) is 13.6 Å². The van der Waals surface area contributed by atoms with E-state index in [1.54, 1.807) is 27.1 Å². The van der Waals surface area contributed by atoms with Crippen molar-refractivity contribution in [2.75, 3.05) is 19.8 Å². The first-order chi connectivity index (χ1) is 21.4. The molecule has 1 N–H and O–H groups in total. The molecule has 0 bridgehead atoms. The Balaban J connectivity index is 1.57. The molecule has 0 aliphatic carbocycles. The summed E-state index contributed by atoms with van der Waals surface area (Å²) in [6.07, 6.45) is -0.432. The first kappa shape index (κ1) is 33.8. The molecule has 0 radical (unpaired) electrons. The number of thiophene rings is 1. The SMILES string of the molecule is C[C@@H]1c2cc(-c3nc(O)c4ccsc4c3-c3c(F)cc(F)cc3OCCO[Si](C)(C)C(C)(C)C)nn2CCN1C(=O)OC(C)(C)C. The van der Waals surface area contributed by atoms with Gasteiger partial charge in [0.25, 0.3) is 0 Å². The number of aromatic nitrogens is 3. The van der Waals surface area contributed by atoms with E-state index in [9.17, 15) is 14.3 Å². The zero-order chi connectivity index (χ0) is 33.8. The molecule has 0 unspecified atom stereocenters. The number of rotatable bonds is 7. The maximum Gasteiger partial charge on any atom is 0.410 e. The first-order valence-corrected chi connectivity index (χ1v) is 19.1. The maximum absolute atomic E-state index is 15.9. The van der Waals surface area contributed by atoms with Crippen molar-refractivity contribution in [1.82, 2.24) is 19.7 Å². The molecular weight excluding hydrogens is 631 g/mol. The fraction of sp³-hybridized carbons (Fsp3) is 0.485. The number of hydrogen-bond donors (Lipinski definition) is 1. The van der Waals surface area contributed by atoms with Crippen LogP contribution in [-0.4, -0.2) is 64.5 Å². The normalized spacial score (nSPS) is 15.7. The molecule has 46 heavy (non-hydrogen) atoms. The first-order valence-electron chi connectivity index (χ1n) is 15.3. The highest BCUT2D eigenvalue weighted by Gasteiger charge is 2.37. The number of benzene rings is 1. The summed E-state index contributed by atoms with van der Waals surface area (Å²) in [7, 11) is -2.07. The molecule has 1 amide bonds. The summed E-state index contributed by atoms with van der Waals surface area (Å²) in [6, 6.07) is 5.06. The summed E-state index contributed by atoms with van der Waals surface area (Å²) in [5.74, 6) is -1.87. The van der Waals surface area contributed by atoms with Crippen molar-refractivity contribution in [2.24, 2.45) is 0 Å². The van der Waals surface area contributed by atoms with Gasteiger partial charge in [0, 0.05) is 28.9 Å². The highest BCUT2D eigenvalue weighted by Crippen LogP contribution is 2.47. The van der Waals surface area contributed by atoms with Gasteiger partial charge < -0.3 is 19.0 Å². The Bertz CT molecular complexity index is 1780. The van der Waals surface area contributed by atoms with Gasteiger partial charge in [-0.15, -0.1) is 11.3 Å². The van der Waals surface area contributed by atoms with Gasteiger partial charge in [0.1, 0.15) is 41.0 Å². The Morgan fingerprint density at radius 3 is 2.48 bits per heavy atom. The van der Waals surface area contributed by atoms with Gasteiger partial charge in [0.2, 0.25) is 5.88 Å². The molecule has 0 saturated heterocycles. The number of carbonyl (C=O) groups excluding carboxylic acids is 1. The second-order valence-electron chi connectivity index (χ2n) is 14.1. The number of amides is 1. The molecule has 5 rings (SSSR count). The van der Waals surface area contributed by atoms with Gasteiger partial charge in [-0.05, 0) is 63.3 Å². The predicted octanol–water partition coefficient (Wildman–Crippen LogP) is 8.52. The van der Waals surface area contributed by atoms with Crippen LogP contribution < -0.4 is 4.74 Å². The van der Waals surface area contributed by atoms with Gasteiger partial charge in [-0.1, -0.05) is 20.8 Å². The monoisotopic (exact) mass is 672 g/mol. The molecule has 13 heteroatoms. The van der Waals surface area contributed by atoms with E-state index in [0.29, 0.717) is 34.4 Å². The summed E-state index contributed by atoms with van der Waals surface area (Å²) in [4.78, 5) is 19.1. The zero-order valence-corrected chi connectivity index (χ0v) is 29.6. The van der Waals surface area contributed by atoms with E-state index in [-0.39, 0.29) is 47.2 Å². The quantitative estimate of drug-likeness (QED) is 0.155.